The van der Waals surface area contributed by atoms with E-state index in [9.17, 15) is 19.5 Å². The third-order valence-electron chi connectivity index (χ3n) is 7.22. The molecular formula is C35H37N5O5. The Bertz CT molecular complexity index is 1700. The second-order valence-corrected chi connectivity index (χ2v) is 11.4. The summed E-state index contributed by atoms with van der Waals surface area (Å²) in [6, 6.07) is 23.8. The number of rotatable bonds is 12. The second-order valence-electron chi connectivity index (χ2n) is 11.4. The first-order valence-corrected chi connectivity index (χ1v) is 14.5. The second kappa shape index (κ2) is 14.4. The molecule has 0 unspecified atom stereocenters. The summed E-state index contributed by atoms with van der Waals surface area (Å²) in [5.74, 6) is -1.66. The molecule has 10 nitrogen and oxygen atoms in total. The number of esters is 1. The molecule has 4 rings (SSSR count). The first kappa shape index (κ1) is 32.6. The zero-order chi connectivity index (χ0) is 32.6. The number of aliphatic hydroxyl groups is 1. The fourth-order valence-electron chi connectivity index (χ4n) is 4.57. The lowest BCUT2D eigenvalue weighted by Gasteiger charge is -2.24. The van der Waals surface area contributed by atoms with Crippen LogP contribution in [0, 0.1) is 17.7 Å². The molecule has 10 heteroatoms. The molecule has 1 heterocycles. The van der Waals surface area contributed by atoms with E-state index in [1.54, 1.807) is 55.5 Å². The number of hydrogen-bond acceptors (Lipinski definition) is 7. The van der Waals surface area contributed by atoms with Gasteiger partial charge in [0.2, 0.25) is 0 Å². The number of pyridine rings is 1. The number of benzene rings is 3. The number of aliphatic hydroxyl groups excluding tert-OH is 1. The topological polar surface area (TPSA) is 167 Å². The maximum atomic E-state index is 13.6. The van der Waals surface area contributed by atoms with Gasteiger partial charge in [-0.25, -0.2) is 9.78 Å². The van der Waals surface area contributed by atoms with Gasteiger partial charge in [-0.05, 0) is 72.4 Å². The van der Waals surface area contributed by atoms with Crippen LogP contribution in [0.4, 0.5) is 5.69 Å². The van der Waals surface area contributed by atoms with Gasteiger partial charge in [-0.15, -0.1) is 0 Å². The standard InChI is InChI=1S/C35H37N5O5/c1-22-9-15-28(30(39-22)33(43)40-26-13-10-24(11-14-26)31(36)37)27-16-12-25(32(42)38-21-35(2,3)17-18-41)19-29(27)34(44)45-20-23-7-5-4-6-8-23/h4-16,19,41H,17-18,20-21H2,1-3H3,(H3,36,37)(H,38,42)(H,40,43). The largest absolute Gasteiger partial charge is 0.457 e. The number of amidine groups is 1. The summed E-state index contributed by atoms with van der Waals surface area (Å²) in [5, 5.41) is 22.6. The molecule has 2 amide bonds. The lowest BCUT2D eigenvalue weighted by Crippen LogP contribution is -2.34. The number of carbonyl (C=O) groups is 3. The summed E-state index contributed by atoms with van der Waals surface area (Å²) in [5.41, 5.74) is 8.73. The Morgan fingerprint density at radius 1 is 0.911 bits per heavy atom. The Morgan fingerprint density at radius 2 is 1.58 bits per heavy atom. The molecular weight excluding hydrogens is 570 g/mol. The molecule has 0 aliphatic carbocycles. The molecule has 0 aliphatic heterocycles. The molecule has 0 bridgehead atoms. The number of aryl methyl sites for hydroxylation is 1. The van der Waals surface area contributed by atoms with Gasteiger partial charge in [-0.2, -0.15) is 0 Å². The third-order valence-corrected chi connectivity index (χ3v) is 7.22. The molecule has 0 atom stereocenters. The number of ether oxygens (including phenoxy) is 1. The highest BCUT2D eigenvalue weighted by Gasteiger charge is 2.24. The highest BCUT2D eigenvalue weighted by molar-refractivity contribution is 6.10. The molecule has 1 aromatic heterocycles. The zero-order valence-corrected chi connectivity index (χ0v) is 25.5. The van der Waals surface area contributed by atoms with Crippen molar-refractivity contribution in [3.63, 3.8) is 0 Å². The van der Waals surface area contributed by atoms with Crippen molar-refractivity contribution in [1.82, 2.24) is 10.3 Å². The van der Waals surface area contributed by atoms with Gasteiger partial charge in [0.15, 0.2) is 0 Å². The van der Waals surface area contributed by atoms with Crippen molar-refractivity contribution in [2.24, 2.45) is 11.1 Å². The van der Waals surface area contributed by atoms with E-state index in [-0.39, 0.29) is 41.3 Å². The van der Waals surface area contributed by atoms with Gasteiger partial charge < -0.3 is 26.2 Å². The van der Waals surface area contributed by atoms with Gasteiger partial charge in [0.1, 0.15) is 18.1 Å². The fourth-order valence-corrected chi connectivity index (χ4v) is 4.57. The van der Waals surface area contributed by atoms with Crippen LogP contribution in [0.5, 0.6) is 0 Å². The van der Waals surface area contributed by atoms with Gasteiger partial charge in [-0.3, -0.25) is 15.0 Å². The maximum absolute atomic E-state index is 13.6. The van der Waals surface area contributed by atoms with Crippen LogP contribution in [0.1, 0.15) is 68.3 Å². The van der Waals surface area contributed by atoms with Crippen molar-refractivity contribution in [3.8, 4) is 11.1 Å². The summed E-state index contributed by atoms with van der Waals surface area (Å²) in [7, 11) is 0. The quantitative estimate of drug-likeness (QED) is 0.0849. The van der Waals surface area contributed by atoms with Gasteiger partial charge in [0.25, 0.3) is 11.8 Å². The number of nitrogen functional groups attached to an aromatic ring is 1. The molecule has 4 aromatic rings. The molecule has 232 valence electrons. The number of nitrogens with one attached hydrogen (secondary N) is 3. The predicted octanol–water partition coefficient (Wildman–Crippen LogP) is 5.09. The molecule has 0 saturated heterocycles. The van der Waals surface area contributed by atoms with Crippen molar-refractivity contribution >= 4 is 29.3 Å². The minimum absolute atomic E-state index is 0.000803. The minimum atomic E-state index is -0.670. The Balaban J connectivity index is 1.70. The lowest BCUT2D eigenvalue weighted by atomic mass is 9.89. The number of nitrogens with two attached hydrogens (primary N) is 1. The first-order chi connectivity index (χ1) is 21.5. The monoisotopic (exact) mass is 607 g/mol. The summed E-state index contributed by atoms with van der Waals surface area (Å²) in [6.07, 6.45) is 0.509. The van der Waals surface area contributed by atoms with Crippen molar-refractivity contribution < 1.29 is 24.2 Å². The van der Waals surface area contributed by atoms with Crippen molar-refractivity contribution in [1.29, 1.82) is 5.41 Å². The summed E-state index contributed by atoms with van der Waals surface area (Å²) < 4.78 is 5.66. The average Bonchev–Trinajstić information content (AvgIpc) is 3.03. The highest BCUT2D eigenvalue weighted by Crippen LogP contribution is 2.30. The Hall–Kier alpha value is -5.35. The molecule has 0 radical (unpaired) electrons. The number of carbonyl (C=O) groups excluding carboxylic acids is 3. The van der Waals surface area contributed by atoms with Crippen molar-refractivity contribution in [2.45, 2.75) is 33.8 Å². The van der Waals surface area contributed by atoms with Crippen LogP contribution < -0.4 is 16.4 Å². The van der Waals surface area contributed by atoms with Gasteiger partial charge in [0.05, 0.1) is 5.56 Å². The van der Waals surface area contributed by atoms with E-state index in [0.717, 1.165) is 5.56 Å². The van der Waals surface area contributed by atoms with Crippen molar-refractivity contribution in [2.75, 3.05) is 18.5 Å². The molecule has 3 aromatic carbocycles. The first-order valence-electron chi connectivity index (χ1n) is 14.5. The molecule has 0 aliphatic rings. The van der Waals surface area contributed by atoms with E-state index in [4.69, 9.17) is 15.9 Å². The number of nitrogens with zero attached hydrogens (tertiary/aromatic N) is 1. The SMILES string of the molecule is Cc1ccc(-c2ccc(C(=O)NCC(C)(C)CCO)cc2C(=O)OCc2ccccc2)c(C(=O)Nc2ccc(C(=N)N)cc2)n1. The van der Waals surface area contributed by atoms with Crippen LogP contribution >= 0.6 is 0 Å². The fraction of sp³-hybridized carbons (Fsp3) is 0.229. The van der Waals surface area contributed by atoms with E-state index in [1.165, 1.54) is 6.07 Å². The van der Waals surface area contributed by atoms with Crippen LogP contribution in [0.3, 0.4) is 0 Å². The molecule has 0 fully saturated rings. The average molecular weight is 608 g/mol. The zero-order valence-electron chi connectivity index (χ0n) is 25.5. The molecule has 6 N–H and O–H groups in total. The van der Waals surface area contributed by atoms with Gasteiger partial charge >= 0.3 is 5.97 Å². The smallest absolute Gasteiger partial charge is 0.339 e. The molecule has 0 saturated carbocycles. The van der Waals surface area contributed by atoms with Crippen LogP contribution in [-0.4, -0.2) is 46.9 Å². The van der Waals surface area contributed by atoms with Crippen LogP contribution in [0.15, 0.2) is 84.9 Å². The number of anilines is 1. The normalized spacial score (nSPS) is 11.0. The summed E-state index contributed by atoms with van der Waals surface area (Å²) >= 11 is 0. The minimum Gasteiger partial charge on any atom is -0.457 e. The Labute approximate surface area is 262 Å². The van der Waals surface area contributed by atoms with E-state index in [0.29, 0.717) is 41.0 Å². The maximum Gasteiger partial charge on any atom is 0.339 e. The summed E-state index contributed by atoms with van der Waals surface area (Å²) in [6.45, 7) is 5.96. The van der Waals surface area contributed by atoms with E-state index in [1.807, 2.05) is 44.2 Å². The molecule has 0 spiro atoms. The van der Waals surface area contributed by atoms with E-state index >= 15 is 0 Å². The number of aromatic nitrogens is 1. The predicted molar refractivity (Wildman–Crippen MR) is 173 cm³/mol. The molecule has 45 heavy (non-hydrogen) atoms. The third kappa shape index (κ3) is 8.61. The summed E-state index contributed by atoms with van der Waals surface area (Å²) in [4.78, 5) is 44.8. The van der Waals surface area contributed by atoms with E-state index < -0.39 is 17.8 Å². The number of amides is 2. The van der Waals surface area contributed by atoms with Gasteiger partial charge in [-0.1, -0.05) is 56.3 Å². The Morgan fingerprint density at radius 3 is 2.24 bits per heavy atom. The Kier molecular flexibility index (Phi) is 10.4. The van der Waals surface area contributed by atoms with Crippen molar-refractivity contribution in [3.05, 3.63) is 119 Å². The van der Waals surface area contributed by atoms with Crippen LogP contribution in [-0.2, 0) is 11.3 Å². The van der Waals surface area contributed by atoms with Crippen LogP contribution in [0.25, 0.3) is 11.1 Å². The van der Waals surface area contributed by atoms with Crippen LogP contribution in [0.2, 0.25) is 0 Å². The van der Waals surface area contributed by atoms with Gasteiger partial charge in [0, 0.05) is 41.2 Å². The highest BCUT2D eigenvalue weighted by atomic mass is 16.5. The lowest BCUT2D eigenvalue weighted by molar-refractivity contribution is 0.0473. The van der Waals surface area contributed by atoms with E-state index in [2.05, 4.69) is 15.6 Å². The number of hydrogen-bond donors (Lipinski definition) is 5.